The first-order valence-electron chi connectivity index (χ1n) is 8.73. The van der Waals surface area contributed by atoms with E-state index >= 15 is 0 Å². The molecule has 5 nitrogen and oxygen atoms in total. The van der Waals surface area contributed by atoms with Crippen LogP contribution in [0.3, 0.4) is 0 Å². The van der Waals surface area contributed by atoms with Crippen LogP contribution in [-0.4, -0.2) is 19.6 Å². The standard InChI is InChI=1S/C20H23N3O2S/c1-12-5-4-6-14(19(12)25-3)13(2)9-18(24)23-20-16(10-21)15-7-8-22-11-17(15)26-20/h4-6,13,22H,7-9,11H2,1-3H3,(H,23,24)/t13-/m0/s1. The van der Waals surface area contributed by atoms with E-state index < -0.39 is 0 Å². The second kappa shape index (κ2) is 7.90. The fraction of sp³-hybridized carbons (Fsp3) is 0.400. The van der Waals surface area contributed by atoms with Gasteiger partial charge in [0.2, 0.25) is 5.91 Å². The van der Waals surface area contributed by atoms with Crippen molar-refractivity contribution in [1.29, 1.82) is 5.26 Å². The van der Waals surface area contributed by atoms with Gasteiger partial charge in [0.05, 0.1) is 12.7 Å². The average Bonchev–Trinajstić information content (AvgIpc) is 2.98. The van der Waals surface area contributed by atoms with Crippen LogP contribution in [0.2, 0.25) is 0 Å². The van der Waals surface area contributed by atoms with E-state index in [1.165, 1.54) is 11.3 Å². The van der Waals surface area contributed by atoms with Crippen molar-refractivity contribution in [3.05, 3.63) is 45.3 Å². The molecule has 1 aliphatic rings. The molecule has 1 aromatic carbocycles. The van der Waals surface area contributed by atoms with Crippen LogP contribution in [0.4, 0.5) is 5.00 Å². The highest BCUT2D eigenvalue weighted by Crippen LogP contribution is 2.36. The summed E-state index contributed by atoms with van der Waals surface area (Å²) in [6.07, 6.45) is 1.17. The highest BCUT2D eigenvalue weighted by Gasteiger charge is 2.23. The summed E-state index contributed by atoms with van der Waals surface area (Å²) in [6.45, 7) is 5.65. The number of nitrogens with one attached hydrogen (secondary N) is 2. The van der Waals surface area contributed by atoms with Crippen LogP contribution in [-0.2, 0) is 17.8 Å². The summed E-state index contributed by atoms with van der Waals surface area (Å²) in [5.41, 5.74) is 3.79. The lowest BCUT2D eigenvalue weighted by Gasteiger charge is -2.17. The minimum absolute atomic E-state index is 0.0200. The number of benzene rings is 1. The van der Waals surface area contributed by atoms with E-state index in [4.69, 9.17) is 4.74 Å². The molecule has 26 heavy (non-hydrogen) atoms. The molecule has 1 atom stereocenters. The highest BCUT2D eigenvalue weighted by atomic mass is 32.1. The minimum atomic E-state index is -0.0795. The van der Waals surface area contributed by atoms with E-state index in [-0.39, 0.29) is 11.8 Å². The van der Waals surface area contributed by atoms with Gasteiger partial charge < -0.3 is 15.4 Å². The fourth-order valence-corrected chi connectivity index (χ4v) is 4.63. The summed E-state index contributed by atoms with van der Waals surface area (Å²) in [4.78, 5) is 13.7. The van der Waals surface area contributed by atoms with Gasteiger partial charge in [0.15, 0.2) is 0 Å². The lowest BCUT2D eigenvalue weighted by atomic mass is 9.94. The molecule has 1 aliphatic heterocycles. The number of nitriles is 1. The highest BCUT2D eigenvalue weighted by molar-refractivity contribution is 7.16. The lowest BCUT2D eigenvalue weighted by molar-refractivity contribution is -0.116. The van der Waals surface area contributed by atoms with Gasteiger partial charge in [-0.3, -0.25) is 4.79 Å². The van der Waals surface area contributed by atoms with E-state index in [1.54, 1.807) is 7.11 Å². The van der Waals surface area contributed by atoms with Crippen LogP contribution in [0.25, 0.3) is 0 Å². The van der Waals surface area contributed by atoms with Crippen LogP contribution in [0.5, 0.6) is 5.75 Å². The number of ether oxygens (including phenoxy) is 1. The van der Waals surface area contributed by atoms with E-state index in [0.29, 0.717) is 17.0 Å². The molecule has 0 saturated heterocycles. The zero-order valence-corrected chi connectivity index (χ0v) is 16.1. The van der Waals surface area contributed by atoms with Crippen molar-refractivity contribution in [1.82, 2.24) is 5.32 Å². The molecule has 1 amide bonds. The van der Waals surface area contributed by atoms with Gasteiger partial charge >= 0.3 is 0 Å². The summed E-state index contributed by atoms with van der Waals surface area (Å²) in [5.74, 6) is 0.777. The first-order valence-corrected chi connectivity index (χ1v) is 9.55. The van der Waals surface area contributed by atoms with Gasteiger partial charge in [0.1, 0.15) is 16.8 Å². The number of nitrogens with zero attached hydrogens (tertiary/aromatic N) is 1. The monoisotopic (exact) mass is 369 g/mol. The number of anilines is 1. The molecule has 0 saturated carbocycles. The van der Waals surface area contributed by atoms with Crippen molar-refractivity contribution in [2.75, 3.05) is 19.0 Å². The number of hydrogen-bond donors (Lipinski definition) is 2. The molecule has 0 radical (unpaired) electrons. The first-order chi connectivity index (χ1) is 12.5. The van der Waals surface area contributed by atoms with Crippen LogP contribution in [0, 0.1) is 18.3 Å². The predicted octanol–water partition coefficient (Wildman–Crippen LogP) is 3.71. The number of carbonyl (C=O) groups excluding carboxylic acids is 1. The Labute approximate surface area is 158 Å². The van der Waals surface area contributed by atoms with Crippen LogP contribution >= 0.6 is 11.3 Å². The zero-order valence-electron chi connectivity index (χ0n) is 15.3. The second-order valence-electron chi connectivity index (χ2n) is 6.60. The third-order valence-electron chi connectivity index (χ3n) is 4.76. The first kappa shape index (κ1) is 18.4. The molecule has 0 fully saturated rings. The van der Waals surface area contributed by atoms with Crippen molar-refractivity contribution in [2.24, 2.45) is 0 Å². The molecule has 0 aliphatic carbocycles. The van der Waals surface area contributed by atoms with E-state index in [0.717, 1.165) is 46.8 Å². The normalized spacial score (nSPS) is 14.2. The number of fused-ring (bicyclic) bond motifs is 1. The van der Waals surface area contributed by atoms with Crippen LogP contribution < -0.4 is 15.4 Å². The van der Waals surface area contributed by atoms with E-state index in [9.17, 15) is 10.1 Å². The molecule has 3 rings (SSSR count). The molecule has 2 heterocycles. The van der Waals surface area contributed by atoms with Crippen molar-refractivity contribution >= 4 is 22.2 Å². The SMILES string of the molecule is COc1c(C)cccc1[C@@H](C)CC(=O)Nc1sc2c(c1C#N)CCNC2. The molecule has 1 aromatic heterocycles. The Morgan fingerprint density at radius 1 is 1.50 bits per heavy atom. The number of rotatable bonds is 5. The minimum Gasteiger partial charge on any atom is -0.496 e. The second-order valence-corrected chi connectivity index (χ2v) is 7.70. The van der Waals surface area contributed by atoms with Crippen molar-refractivity contribution in [3.63, 3.8) is 0 Å². The average molecular weight is 369 g/mol. The maximum Gasteiger partial charge on any atom is 0.225 e. The van der Waals surface area contributed by atoms with Gasteiger partial charge in [-0.15, -0.1) is 11.3 Å². The van der Waals surface area contributed by atoms with Gasteiger partial charge in [-0.05, 0) is 42.5 Å². The Morgan fingerprint density at radius 2 is 2.31 bits per heavy atom. The van der Waals surface area contributed by atoms with Crippen molar-refractivity contribution in [2.45, 2.75) is 39.2 Å². The molecule has 2 aromatic rings. The third kappa shape index (κ3) is 3.59. The number of carbonyl (C=O) groups is 1. The molecule has 2 N–H and O–H groups in total. The predicted molar refractivity (Wildman–Crippen MR) is 104 cm³/mol. The molecule has 0 bridgehead atoms. The van der Waals surface area contributed by atoms with Crippen LogP contribution in [0.15, 0.2) is 18.2 Å². The number of para-hydroxylation sites is 1. The molecule has 136 valence electrons. The quantitative estimate of drug-likeness (QED) is 0.842. The Hall–Kier alpha value is -2.36. The number of thiophene rings is 1. The summed E-state index contributed by atoms with van der Waals surface area (Å²) >= 11 is 1.51. The van der Waals surface area contributed by atoms with E-state index in [2.05, 4.69) is 16.7 Å². The molecule has 6 heteroatoms. The lowest BCUT2D eigenvalue weighted by Crippen LogP contribution is -2.22. The van der Waals surface area contributed by atoms with Gasteiger partial charge in [0, 0.05) is 17.8 Å². The largest absolute Gasteiger partial charge is 0.496 e. The smallest absolute Gasteiger partial charge is 0.225 e. The summed E-state index contributed by atoms with van der Waals surface area (Å²) < 4.78 is 5.51. The molecular weight excluding hydrogens is 346 g/mol. The summed E-state index contributed by atoms with van der Waals surface area (Å²) in [7, 11) is 1.65. The van der Waals surface area contributed by atoms with E-state index in [1.807, 2.05) is 32.0 Å². The summed E-state index contributed by atoms with van der Waals surface area (Å²) in [5, 5.41) is 16.4. The Bertz CT molecular complexity index is 867. The van der Waals surface area contributed by atoms with Crippen LogP contribution in [0.1, 0.15) is 46.4 Å². The zero-order chi connectivity index (χ0) is 18.7. The van der Waals surface area contributed by atoms with Gasteiger partial charge in [0.25, 0.3) is 0 Å². The number of hydrogen-bond acceptors (Lipinski definition) is 5. The van der Waals surface area contributed by atoms with Crippen molar-refractivity contribution < 1.29 is 9.53 Å². The third-order valence-corrected chi connectivity index (χ3v) is 5.91. The fourth-order valence-electron chi connectivity index (χ4n) is 3.45. The van der Waals surface area contributed by atoms with Gasteiger partial charge in [-0.2, -0.15) is 5.26 Å². The van der Waals surface area contributed by atoms with Gasteiger partial charge in [-0.25, -0.2) is 0 Å². The maximum atomic E-state index is 12.6. The Balaban J connectivity index is 1.75. The van der Waals surface area contributed by atoms with Gasteiger partial charge in [-0.1, -0.05) is 25.1 Å². The number of amides is 1. The molecule has 0 spiro atoms. The van der Waals surface area contributed by atoms with Crippen molar-refractivity contribution in [3.8, 4) is 11.8 Å². The summed E-state index contributed by atoms with van der Waals surface area (Å²) in [6, 6.07) is 8.25. The Kier molecular flexibility index (Phi) is 5.60. The maximum absolute atomic E-state index is 12.6. The topological polar surface area (TPSA) is 74.1 Å². The number of methoxy groups -OCH3 is 1. The molecular formula is C20H23N3O2S. The molecule has 0 unspecified atom stereocenters. The Morgan fingerprint density at radius 3 is 3.04 bits per heavy atom. The number of aryl methyl sites for hydroxylation is 1.